The van der Waals surface area contributed by atoms with Crippen LogP contribution >= 0.6 is 0 Å². The van der Waals surface area contributed by atoms with Gasteiger partial charge in [-0.25, -0.2) is 0 Å². The summed E-state index contributed by atoms with van der Waals surface area (Å²) in [6, 6.07) is 6.89. The summed E-state index contributed by atoms with van der Waals surface area (Å²) in [7, 11) is 2.19. The van der Waals surface area contributed by atoms with Crippen molar-refractivity contribution < 1.29 is 14.1 Å². The van der Waals surface area contributed by atoms with E-state index < -0.39 is 0 Å². The van der Waals surface area contributed by atoms with Gasteiger partial charge in [0.2, 0.25) is 5.91 Å². The first kappa shape index (κ1) is 17.2. The Labute approximate surface area is 126 Å². The molecule has 0 saturated carbocycles. The Morgan fingerprint density at radius 1 is 1.10 bits per heavy atom. The molecule has 0 atom stereocenters. The van der Waals surface area contributed by atoms with Gasteiger partial charge in [0, 0.05) is 18.2 Å². The minimum atomic E-state index is -0.122. The predicted octanol–water partition coefficient (Wildman–Crippen LogP) is 1.86. The summed E-state index contributed by atoms with van der Waals surface area (Å²) >= 11 is 0. The number of carbonyl (C=O) groups is 2. The number of nitrogens with one attached hydrogen (secondary N) is 2. The second-order valence-corrected chi connectivity index (χ2v) is 5.49. The Morgan fingerprint density at radius 2 is 1.67 bits per heavy atom. The Kier molecular flexibility index (Phi) is 6.37. The zero-order chi connectivity index (χ0) is 15.9. The average molecular weight is 292 g/mol. The van der Waals surface area contributed by atoms with Crippen molar-refractivity contribution in [3.05, 3.63) is 29.8 Å². The molecule has 5 nitrogen and oxygen atoms in total. The quantitative estimate of drug-likeness (QED) is 0.754. The molecule has 1 aromatic rings. The van der Waals surface area contributed by atoms with Gasteiger partial charge < -0.3 is 15.1 Å². The van der Waals surface area contributed by atoms with Gasteiger partial charge in [0.05, 0.1) is 33.2 Å². The Balaban J connectivity index is 2.50. The third kappa shape index (κ3) is 5.55. The van der Waals surface area contributed by atoms with Crippen molar-refractivity contribution in [2.75, 3.05) is 38.5 Å². The second-order valence-electron chi connectivity index (χ2n) is 5.49. The van der Waals surface area contributed by atoms with Crippen molar-refractivity contribution in [2.24, 2.45) is 0 Å². The molecule has 1 aromatic carbocycles. The van der Waals surface area contributed by atoms with Crippen molar-refractivity contribution in [1.29, 1.82) is 0 Å². The topological polar surface area (TPSA) is 58.2 Å². The highest BCUT2D eigenvalue weighted by Crippen LogP contribution is 2.09. The molecule has 0 aromatic heterocycles. The molecule has 0 heterocycles. The van der Waals surface area contributed by atoms with Gasteiger partial charge in [0.15, 0.2) is 0 Å². The van der Waals surface area contributed by atoms with E-state index in [9.17, 15) is 9.59 Å². The highest BCUT2D eigenvalue weighted by Gasteiger charge is 2.16. The first-order valence-electron chi connectivity index (χ1n) is 7.39. The smallest absolute Gasteiger partial charge is 0.251 e. The van der Waals surface area contributed by atoms with Gasteiger partial charge in [-0.2, -0.15) is 0 Å². The number of likely N-dealkylation sites (N-methyl/N-ethyl adjacent to an activating group) is 1. The molecule has 0 aliphatic rings. The summed E-state index contributed by atoms with van der Waals surface area (Å²) in [5.41, 5.74) is 1.30. The van der Waals surface area contributed by atoms with Crippen molar-refractivity contribution in [2.45, 2.75) is 20.8 Å². The highest BCUT2D eigenvalue weighted by atomic mass is 16.2. The van der Waals surface area contributed by atoms with Crippen LogP contribution in [0.1, 0.15) is 31.1 Å². The van der Waals surface area contributed by atoms with Crippen LogP contribution in [0.5, 0.6) is 0 Å². The fourth-order valence-electron chi connectivity index (χ4n) is 1.99. The van der Waals surface area contributed by atoms with E-state index in [1.807, 2.05) is 0 Å². The van der Waals surface area contributed by atoms with Crippen LogP contribution in [0.2, 0.25) is 0 Å². The van der Waals surface area contributed by atoms with E-state index in [2.05, 4.69) is 31.5 Å². The monoisotopic (exact) mass is 292 g/mol. The molecule has 0 aliphatic carbocycles. The normalized spacial score (nSPS) is 11.0. The standard InChI is InChI=1S/C16H25N3O2/c1-5-19(4,6-2)12-11-17-16(21)14-7-9-15(10-8-14)18-13(3)20/h7-10H,5-6,11-12H2,1-4H3,(H-,17,18,20,21)/p+1. The first-order valence-corrected chi connectivity index (χ1v) is 7.39. The minimum Gasteiger partial charge on any atom is -0.346 e. The molecule has 2 amide bonds. The molecule has 0 aliphatic heterocycles. The zero-order valence-corrected chi connectivity index (χ0v) is 13.4. The fourth-order valence-corrected chi connectivity index (χ4v) is 1.99. The fraction of sp³-hybridized carbons (Fsp3) is 0.500. The van der Waals surface area contributed by atoms with Crippen LogP contribution in [-0.2, 0) is 4.79 Å². The molecule has 0 spiro atoms. The molecule has 0 fully saturated rings. The van der Waals surface area contributed by atoms with Crippen LogP contribution < -0.4 is 10.6 Å². The van der Waals surface area contributed by atoms with E-state index in [0.717, 1.165) is 24.1 Å². The Morgan fingerprint density at radius 3 is 2.14 bits per heavy atom. The van der Waals surface area contributed by atoms with Gasteiger partial charge >= 0.3 is 0 Å². The van der Waals surface area contributed by atoms with Crippen molar-refractivity contribution in [3.63, 3.8) is 0 Å². The van der Waals surface area contributed by atoms with Gasteiger partial charge in [-0.15, -0.1) is 0 Å². The largest absolute Gasteiger partial charge is 0.346 e. The molecule has 2 N–H and O–H groups in total. The molecule has 0 bridgehead atoms. The van der Waals surface area contributed by atoms with Gasteiger partial charge in [-0.05, 0) is 38.1 Å². The summed E-state index contributed by atoms with van der Waals surface area (Å²) in [5, 5.41) is 5.62. The molecule has 0 unspecified atom stereocenters. The maximum absolute atomic E-state index is 12.0. The first-order chi connectivity index (χ1) is 9.90. The number of anilines is 1. The third-order valence-corrected chi connectivity index (χ3v) is 3.93. The number of hydrogen-bond acceptors (Lipinski definition) is 2. The summed E-state index contributed by atoms with van der Waals surface area (Å²) < 4.78 is 0.946. The summed E-state index contributed by atoms with van der Waals surface area (Å²) in [5.74, 6) is -0.202. The number of rotatable bonds is 7. The molecule has 21 heavy (non-hydrogen) atoms. The van der Waals surface area contributed by atoms with E-state index in [-0.39, 0.29) is 11.8 Å². The zero-order valence-electron chi connectivity index (χ0n) is 13.4. The van der Waals surface area contributed by atoms with E-state index in [1.54, 1.807) is 24.3 Å². The van der Waals surface area contributed by atoms with Crippen molar-refractivity contribution in [3.8, 4) is 0 Å². The molecular formula is C16H26N3O2+. The van der Waals surface area contributed by atoms with E-state index in [0.29, 0.717) is 17.8 Å². The van der Waals surface area contributed by atoms with E-state index in [4.69, 9.17) is 0 Å². The minimum absolute atomic E-state index is 0.0804. The molecular weight excluding hydrogens is 266 g/mol. The van der Waals surface area contributed by atoms with Gasteiger partial charge in [-0.3, -0.25) is 9.59 Å². The summed E-state index contributed by atoms with van der Waals surface area (Å²) in [6.07, 6.45) is 0. The van der Waals surface area contributed by atoms with Crippen LogP contribution in [0.4, 0.5) is 5.69 Å². The predicted molar refractivity (Wildman–Crippen MR) is 85.2 cm³/mol. The maximum Gasteiger partial charge on any atom is 0.251 e. The number of quaternary nitrogens is 1. The van der Waals surface area contributed by atoms with Crippen LogP contribution in [0.25, 0.3) is 0 Å². The lowest BCUT2D eigenvalue weighted by molar-refractivity contribution is -0.904. The highest BCUT2D eigenvalue weighted by molar-refractivity contribution is 5.95. The maximum atomic E-state index is 12.0. The lowest BCUT2D eigenvalue weighted by Gasteiger charge is -2.32. The van der Waals surface area contributed by atoms with Crippen molar-refractivity contribution >= 4 is 17.5 Å². The lowest BCUT2D eigenvalue weighted by atomic mass is 10.2. The second kappa shape index (κ2) is 7.78. The lowest BCUT2D eigenvalue weighted by Crippen LogP contribution is -2.48. The number of carbonyl (C=O) groups excluding carboxylic acids is 2. The number of hydrogen-bond donors (Lipinski definition) is 2. The van der Waals surface area contributed by atoms with Crippen molar-refractivity contribution in [1.82, 2.24) is 5.32 Å². The van der Waals surface area contributed by atoms with Gasteiger partial charge in [0.25, 0.3) is 5.91 Å². The van der Waals surface area contributed by atoms with Crippen LogP contribution in [-0.4, -0.2) is 49.5 Å². The Hall–Kier alpha value is -1.88. The summed E-state index contributed by atoms with van der Waals surface area (Å²) in [6.45, 7) is 9.46. The van der Waals surface area contributed by atoms with Crippen LogP contribution in [0.3, 0.4) is 0 Å². The van der Waals surface area contributed by atoms with E-state index in [1.165, 1.54) is 6.92 Å². The summed E-state index contributed by atoms with van der Waals surface area (Å²) in [4.78, 5) is 23.0. The molecule has 1 rings (SSSR count). The van der Waals surface area contributed by atoms with Gasteiger partial charge in [-0.1, -0.05) is 0 Å². The van der Waals surface area contributed by atoms with Gasteiger partial charge in [0.1, 0.15) is 0 Å². The molecule has 5 heteroatoms. The average Bonchev–Trinajstić information content (AvgIpc) is 2.47. The Bertz CT molecular complexity index is 479. The van der Waals surface area contributed by atoms with Crippen LogP contribution in [0.15, 0.2) is 24.3 Å². The number of benzene rings is 1. The molecule has 0 radical (unpaired) electrons. The third-order valence-electron chi connectivity index (χ3n) is 3.93. The SMILES string of the molecule is CC[N+](C)(CC)CCNC(=O)c1ccc(NC(C)=O)cc1. The number of nitrogens with zero attached hydrogens (tertiary/aromatic N) is 1. The van der Waals surface area contributed by atoms with Crippen LogP contribution in [0, 0.1) is 0 Å². The van der Waals surface area contributed by atoms with E-state index >= 15 is 0 Å². The molecule has 0 saturated heterocycles. The number of amides is 2. The molecule has 116 valence electrons.